The van der Waals surface area contributed by atoms with Crippen LogP contribution >= 0.6 is 0 Å². The number of rotatable bonds is 2. The third kappa shape index (κ3) is 1.81. The smallest absolute Gasteiger partial charge is 0.240 e. The number of nitrogens with one attached hydrogen (secondary N) is 1. The standard InChI is InChI=1S/C14H17FN2O/c15-12-8-14(6-7-16-13(14)18)17(10-12)9-11-4-2-1-3-5-11/h1-5,12H,6-10H2,(H,16,18). The van der Waals surface area contributed by atoms with E-state index in [1.165, 1.54) is 0 Å². The van der Waals surface area contributed by atoms with Crippen molar-refractivity contribution in [3.05, 3.63) is 35.9 Å². The molecule has 2 saturated heterocycles. The molecular formula is C14H17FN2O. The van der Waals surface area contributed by atoms with E-state index in [4.69, 9.17) is 0 Å². The average Bonchev–Trinajstić information content (AvgIpc) is 2.87. The topological polar surface area (TPSA) is 32.3 Å². The number of benzene rings is 1. The first-order valence-corrected chi connectivity index (χ1v) is 6.42. The predicted molar refractivity (Wildman–Crippen MR) is 66.7 cm³/mol. The molecular weight excluding hydrogens is 231 g/mol. The van der Waals surface area contributed by atoms with Crippen molar-refractivity contribution in [1.82, 2.24) is 10.2 Å². The number of alkyl halides is 1. The van der Waals surface area contributed by atoms with E-state index < -0.39 is 11.7 Å². The summed E-state index contributed by atoms with van der Waals surface area (Å²) in [7, 11) is 0. The van der Waals surface area contributed by atoms with Crippen LogP contribution in [-0.4, -0.2) is 35.6 Å². The average molecular weight is 248 g/mol. The first kappa shape index (κ1) is 11.7. The molecule has 1 amide bonds. The van der Waals surface area contributed by atoms with Crippen LogP contribution in [0.1, 0.15) is 18.4 Å². The van der Waals surface area contributed by atoms with Gasteiger partial charge in [-0.1, -0.05) is 30.3 Å². The van der Waals surface area contributed by atoms with E-state index in [0.29, 0.717) is 26.1 Å². The Hall–Kier alpha value is -1.42. The minimum absolute atomic E-state index is 0.00131. The van der Waals surface area contributed by atoms with Crippen LogP contribution in [0.2, 0.25) is 0 Å². The maximum absolute atomic E-state index is 13.7. The van der Waals surface area contributed by atoms with Crippen LogP contribution in [0.15, 0.2) is 30.3 Å². The Balaban J connectivity index is 1.84. The lowest BCUT2D eigenvalue weighted by molar-refractivity contribution is -0.128. The van der Waals surface area contributed by atoms with Gasteiger partial charge in [-0.3, -0.25) is 9.69 Å². The Morgan fingerprint density at radius 3 is 2.83 bits per heavy atom. The molecule has 0 saturated carbocycles. The summed E-state index contributed by atoms with van der Waals surface area (Å²) in [5.41, 5.74) is 0.528. The molecule has 1 aromatic carbocycles. The quantitative estimate of drug-likeness (QED) is 0.860. The van der Waals surface area contributed by atoms with Crippen LogP contribution in [0.25, 0.3) is 0 Å². The number of carbonyl (C=O) groups excluding carboxylic acids is 1. The first-order chi connectivity index (χ1) is 8.71. The van der Waals surface area contributed by atoms with Gasteiger partial charge < -0.3 is 5.32 Å². The van der Waals surface area contributed by atoms with Crippen LogP contribution in [0, 0.1) is 0 Å². The highest BCUT2D eigenvalue weighted by molar-refractivity contribution is 5.88. The van der Waals surface area contributed by atoms with Crippen LogP contribution in [0.5, 0.6) is 0 Å². The summed E-state index contributed by atoms with van der Waals surface area (Å²) in [6.45, 7) is 1.67. The van der Waals surface area contributed by atoms with Gasteiger partial charge in [0.15, 0.2) is 0 Å². The molecule has 3 nitrogen and oxygen atoms in total. The van der Waals surface area contributed by atoms with Crippen LogP contribution in [0.4, 0.5) is 4.39 Å². The fourth-order valence-electron chi connectivity index (χ4n) is 3.15. The van der Waals surface area contributed by atoms with Gasteiger partial charge in [0.1, 0.15) is 11.7 Å². The molecule has 2 heterocycles. The van der Waals surface area contributed by atoms with Gasteiger partial charge in [-0.05, 0) is 12.0 Å². The van der Waals surface area contributed by atoms with Crippen molar-refractivity contribution >= 4 is 5.91 Å². The molecule has 2 aliphatic rings. The van der Waals surface area contributed by atoms with Crippen LogP contribution in [0.3, 0.4) is 0 Å². The van der Waals surface area contributed by atoms with Gasteiger partial charge in [0.05, 0.1) is 0 Å². The Labute approximate surface area is 106 Å². The maximum Gasteiger partial charge on any atom is 0.240 e. The molecule has 1 N–H and O–H groups in total. The van der Waals surface area contributed by atoms with Crippen molar-refractivity contribution in [1.29, 1.82) is 0 Å². The van der Waals surface area contributed by atoms with E-state index in [1.54, 1.807) is 0 Å². The lowest BCUT2D eigenvalue weighted by Crippen LogP contribution is -2.49. The highest BCUT2D eigenvalue weighted by Gasteiger charge is 2.53. The summed E-state index contributed by atoms with van der Waals surface area (Å²) in [6, 6.07) is 9.95. The Morgan fingerprint density at radius 1 is 1.39 bits per heavy atom. The van der Waals surface area contributed by atoms with E-state index >= 15 is 0 Å². The summed E-state index contributed by atoms with van der Waals surface area (Å²) in [6.07, 6.45) is 0.169. The molecule has 0 bridgehead atoms. The van der Waals surface area contributed by atoms with E-state index in [1.807, 2.05) is 35.2 Å². The number of carbonyl (C=O) groups is 1. The van der Waals surface area contributed by atoms with Crippen molar-refractivity contribution in [2.24, 2.45) is 0 Å². The summed E-state index contributed by atoms with van der Waals surface area (Å²) in [5.74, 6) is -0.00131. The second-order valence-corrected chi connectivity index (χ2v) is 5.21. The van der Waals surface area contributed by atoms with Gasteiger partial charge in [-0.15, -0.1) is 0 Å². The maximum atomic E-state index is 13.7. The molecule has 18 heavy (non-hydrogen) atoms. The zero-order valence-corrected chi connectivity index (χ0v) is 10.2. The van der Waals surface area contributed by atoms with Gasteiger partial charge in [-0.25, -0.2) is 4.39 Å². The third-order valence-corrected chi connectivity index (χ3v) is 4.05. The Kier molecular flexibility index (Phi) is 2.82. The molecule has 96 valence electrons. The van der Waals surface area contributed by atoms with Crippen LogP contribution < -0.4 is 5.32 Å². The zero-order chi connectivity index (χ0) is 12.6. The number of hydrogen-bond donors (Lipinski definition) is 1. The van der Waals surface area contributed by atoms with Gasteiger partial charge in [0, 0.05) is 26.1 Å². The Bertz CT molecular complexity index is 450. The molecule has 0 aliphatic carbocycles. The van der Waals surface area contributed by atoms with E-state index in [-0.39, 0.29) is 5.91 Å². The minimum atomic E-state index is -0.891. The lowest BCUT2D eigenvalue weighted by atomic mass is 9.93. The van der Waals surface area contributed by atoms with Crippen molar-refractivity contribution in [3.8, 4) is 0 Å². The highest BCUT2D eigenvalue weighted by atomic mass is 19.1. The number of nitrogens with zero attached hydrogens (tertiary/aromatic N) is 1. The van der Waals surface area contributed by atoms with Crippen molar-refractivity contribution in [3.63, 3.8) is 0 Å². The summed E-state index contributed by atoms with van der Waals surface area (Å²) in [4.78, 5) is 14.0. The van der Waals surface area contributed by atoms with Gasteiger partial charge in [-0.2, -0.15) is 0 Å². The highest BCUT2D eigenvalue weighted by Crippen LogP contribution is 2.37. The van der Waals surface area contributed by atoms with Gasteiger partial charge >= 0.3 is 0 Å². The molecule has 2 unspecified atom stereocenters. The summed E-state index contributed by atoms with van der Waals surface area (Å²) >= 11 is 0. The van der Waals surface area contributed by atoms with E-state index in [9.17, 15) is 9.18 Å². The fraction of sp³-hybridized carbons (Fsp3) is 0.500. The number of likely N-dealkylation sites (tertiary alicyclic amines) is 1. The normalized spacial score (nSPS) is 32.1. The third-order valence-electron chi connectivity index (χ3n) is 4.05. The van der Waals surface area contributed by atoms with Crippen LogP contribution in [-0.2, 0) is 11.3 Å². The van der Waals surface area contributed by atoms with Crippen molar-refractivity contribution in [2.45, 2.75) is 31.1 Å². The molecule has 3 rings (SSSR count). The lowest BCUT2D eigenvalue weighted by Gasteiger charge is -2.31. The zero-order valence-electron chi connectivity index (χ0n) is 10.2. The molecule has 1 spiro atoms. The molecule has 0 radical (unpaired) electrons. The second kappa shape index (κ2) is 4.35. The summed E-state index contributed by atoms with van der Waals surface area (Å²) < 4.78 is 13.7. The minimum Gasteiger partial charge on any atom is -0.354 e. The largest absolute Gasteiger partial charge is 0.354 e. The number of halogens is 1. The van der Waals surface area contributed by atoms with E-state index in [0.717, 1.165) is 12.0 Å². The number of amides is 1. The van der Waals surface area contributed by atoms with Gasteiger partial charge in [0.2, 0.25) is 5.91 Å². The molecule has 1 aromatic rings. The second-order valence-electron chi connectivity index (χ2n) is 5.21. The SMILES string of the molecule is O=C1NCCC12CC(F)CN2Cc1ccccc1. The van der Waals surface area contributed by atoms with Crippen molar-refractivity contribution in [2.75, 3.05) is 13.1 Å². The molecule has 0 aromatic heterocycles. The first-order valence-electron chi connectivity index (χ1n) is 6.42. The molecule has 4 heteroatoms. The monoisotopic (exact) mass is 248 g/mol. The fourth-order valence-corrected chi connectivity index (χ4v) is 3.15. The van der Waals surface area contributed by atoms with Gasteiger partial charge in [0.25, 0.3) is 0 Å². The summed E-state index contributed by atoms with van der Waals surface area (Å²) in [5, 5.41) is 2.84. The van der Waals surface area contributed by atoms with E-state index in [2.05, 4.69) is 5.32 Å². The number of hydrogen-bond acceptors (Lipinski definition) is 2. The Morgan fingerprint density at radius 2 is 2.17 bits per heavy atom. The van der Waals surface area contributed by atoms with Crippen molar-refractivity contribution < 1.29 is 9.18 Å². The molecule has 2 fully saturated rings. The molecule has 2 aliphatic heterocycles. The predicted octanol–water partition coefficient (Wildman–Crippen LogP) is 1.49. The molecule has 2 atom stereocenters.